The molecule has 3 aliphatic rings. The number of piperazine rings is 1. The number of nitrogens with zero attached hydrogens (tertiary/aromatic N) is 3. The molecule has 2 heterocycles. The number of likely N-dealkylation sites (tertiary alicyclic amines) is 1. The van der Waals surface area contributed by atoms with Crippen LogP contribution >= 0.6 is 12.4 Å². The summed E-state index contributed by atoms with van der Waals surface area (Å²) in [5, 5.41) is 0. The van der Waals surface area contributed by atoms with Crippen LogP contribution in [0.5, 0.6) is 0 Å². The number of carbonyl (C=O) groups excluding carboxylic acids is 2. The van der Waals surface area contributed by atoms with Crippen LogP contribution in [0.25, 0.3) is 0 Å². The van der Waals surface area contributed by atoms with Gasteiger partial charge < -0.3 is 15.5 Å². The summed E-state index contributed by atoms with van der Waals surface area (Å²) >= 11 is 0. The Morgan fingerprint density at radius 2 is 1.68 bits per heavy atom. The molecule has 3 rings (SSSR count). The molecule has 126 valence electrons. The number of hydrogen-bond donors (Lipinski definition) is 1. The Bertz CT molecular complexity index is 426. The van der Waals surface area contributed by atoms with Crippen LogP contribution in [0.15, 0.2) is 0 Å². The molecule has 1 saturated carbocycles. The van der Waals surface area contributed by atoms with E-state index in [2.05, 4.69) is 4.90 Å². The van der Waals surface area contributed by atoms with Crippen LogP contribution in [0.3, 0.4) is 0 Å². The van der Waals surface area contributed by atoms with E-state index in [-0.39, 0.29) is 24.2 Å². The van der Waals surface area contributed by atoms with Crippen molar-refractivity contribution < 1.29 is 9.59 Å². The van der Waals surface area contributed by atoms with E-state index in [4.69, 9.17) is 5.73 Å². The molecule has 3 unspecified atom stereocenters. The summed E-state index contributed by atoms with van der Waals surface area (Å²) in [6.45, 7) is 6.76. The van der Waals surface area contributed by atoms with Crippen molar-refractivity contribution >= 4 is 24.2 Å². The Labute approximate surface area is 138 Å². The van der Waals surface area contributed by atoms with Gasteiger partial charge in [-0.2, -0.15) is 0 Å². The predicted octanol–water partition coefficient (Wildman–Crippen LogP) is -0.232. The molecule has 0 radical (unpaired) electrons. The molecule has 3 atom stereocenters. The zero-order valence-electron chi connectivity index (χ0n) is 13.2. The fourth-order valence-electron chi connectivity index (χ4n) is 4.09. The summed E-state index contributed by atoms with van der Waals surface area (Å²) in [6.07, 6.45) is 2.36. The Kier molecular flexibility index (Phi) is 5.69. The molecular formula is C15H27ClN4O2. The van der Waals surface area contributed by atoms with E-state index in [9.17, 15) is 9.59 Å². The van der Waals surface area contributed by atoms with Crippen LogP contribution in [0.4, 0.5) is 0 Å². The Hall–Kier alpha value is -0.850. The van der Waals surface area contributed by atoms with Gasteiger partial charge >= 0.3 is 0 Å². The number of halogens is 1. The van der Waals surface area contributed by atoms with Gasteiger partial charge in [0, 0.05) is 52.2 Å². The maximum absolute atomic E-state index is 12.4. The molecule has 0 bridgehead atoms. The first-order valence-corrected chi connectivity index (χ1v) is 8.06. The van der Waals surface area contributed by atoms with E-state index >= 15 is 0 Å². The lowest BCUT2D eigenvalue weighted by Gasteiger charge is -2.35. The third-order valence-electron chi connectivity index (χ3n) is 5.42. The van der Waals surface area contributed by atoms with Crippen LogP contribution in [-0.4, -0.2) is 78.4 Å². The van der Waals surface area contributed by atoms with Gasteiger partial charge in [-0.1, -0.05) is 0 Å². The largest absolute Gasteiger partial charge is 0.339 e. The number of rotatable bonds is 2. The van der Waals surface area contributed by atoms with Crippen molar-refractivity contribution in [2.24, 2.45) is 17.6 Å². The first kappa shape index (κ1) is 17.5. The average molecular weight is 331 g/mol. The number of nitrogens with two attached hydrogens (primary N) is 1. The van der Waals surface area contributed by atoms with E-state index in [1.54, 1.807) is 6.92 Å². The average Bonchev–Trinajstić information content (AvgIpc) is 3.01. The maximum atomic E-state index is 12.4. The summed E-state index contributed by atoms with van der Waals surface area (Å²) in [7, 11) is 0. The Morgan fingerprint density at radius 1 is 1.05 bits per heavy atom. The van der Waals surface area contributed by atoms with Crippen molar-refractivity contribution in [3.05, 3.63) is 0 Å². The molecule has 1 aliphatic carbocycles. The molecule has 0 aromatic carbocycles. The second kappa shape index (κ2) is 7.15. The van der Waals surface area contributed by atoms with Crippen LogP contribution in [0.2, 0.25) is 0 Å². The molecule has 2 aliphatic heterocycles. The summed E-state index contributed by atoms with van der Waals surface area (Å²) < 4.78 is 0. The predicted molar refractivity (Wildman–Crippen MR) is 86.7 cm³/mol. The minimum atomic E-state index is 0. The lowest BCUT2D eigenvalue weighted by Crippen LogP contribution is -2.52. The smallest absolute Gasteiger partial charge is 0.236 e. The van der Waals surface area contributed by atoms with Gasteiger partial charge in [-0.25, -0.2) is 0 Å². The van der Waals surface area contributed by atoms with E-state index < -0.39 is 0 Å². The summed E-state index contributed by atoms with van der Waals surface area (Å²) in [4.78, 5) is 29.7. The molecule has 0 spiro atoms. The van der Waals surface area contributed by atoms with Crippen molar-refractivity contribution in [1.82, 2.24) is 14.7 Å². The summed E-state index contributed by atoms with van der Waals surface area (Å²) in [5.74, 6) is 1.59. The standard InChI is InChI=1S/C15H26N4O2.ClH/c1-11(20)18-4-6-19(7-5-18)15(21)10-17-8-12-2-3-14(16)13(12)9-17;/h12-14H,2-10,16H2,1H3;1H. The van der Waals surface area contributed by atoms with Gasteiger partial charge in [0.2, 0.25) is 11.8 Å². The Morgan fingerprint density at radius 3 is 2.27 bits per heavy atom. The van der Waals surface area contributed by atoms with Crippen molar-refractivity contribution in [2.75, 3.05) is 45.8 Å². The van der Waals surface area contributed by atoms with Crippen LogP contribution < -0.4 is 5.73 Å². The first-order valence-electron chi connectivity index (χ1n) is 8.06. The topological polar surface area (TPSA) is 69.9 Å². The normalized spacial score (nSPS) is 31.8. The van der Waals surface area contributed by atoms with Gasteiger partial charge in [-0.15, -0.1) is 12.4 Å². The summed E-state index contributed by atoms with van der Waals surface area (Å²) in [6, 6.07) is 0.328. The van der Waals surface area contributed by atoms with Crippen LogP contribution in [-0.2, 0) is 9.59 Å². The Balaban J connectivity index is 0.00000176. The van der Waals surface area contributed by atoms with Crippen LogP contribution in [0, 0.1) is 11.8 Å². The molecule has 0 aromatic heterocycles. The summed E-state index contributed by atoms with van der Waals surface area (Å²) in [5.41, 5.74) is 6.14. The molecular weight excluding hydrogens is 304 g/mol. The zero-order valence-corrected chi connectivity index (χ0v) is 14.1. The quantitative estimate of drug-likeness (QED) is 0.759. The lowest BCUT2D eigenvalue weighted by molar-refractivity contribution is -0.139. The molecule has 2 N–H and O–H groups in total. The highest BCUT2D eigenvalue weighted by atomic mass is 35.5. The van der Waals surface area contributed by atoms with Gasteiger partial charge in [0.15, 0.2) is 0 Å². The number of fused-ring (bicyclic) bond motifs is 1. The van der Waals surface area contributed by atoms with Gasteiger partial charge in [0.05, 0.1) is 6.54 Å². The third-order valence-corrected chi connectivity index (χ3v) is 5.42. The van der Waals surface area contributed by atoms with E-state index in [1.807, 2.05) is 9.80 Å². The van der Waals surface area contributed by atoms with Crippen molar-refractivity contribution in [2.45, 2.75) is 25.8 Å². The molecule has 6 nitrogen and oxygen atoms in total. The van der Waals surface area contributed by atoms with Gasteiger partial charge in [-0.3, -0.25) is 14.5 Å². The van der Waals surface area contributed by atoms with Gasteiger partial charge in [0.25, 0.3) is 0 Å². The highest BCUT2D eigenvalue weighted by Crippen LogP contribution is 2.36. The number of amides is 2. The molecule has 0 aromatic rings. The maximum Gasteiger partial charge on any atom is 0.236 e. The van der Waals surface area contributed by atoms with Crippen molar-refractivity contribution in [3.63, 3.8) is 0 Å². The van der Waals surface area contributed by atoms with Crippen molar-refractivity contribution in [3.8, 4) is 0 Å². The number of hydrogen-bond acceptors (Lipinski definition) is 4. The molecule has 22 heavy (non-hydrogen) atoms. The highest BCUT2D eigenvalue weighted by molar-refractivity contribution is 5.85. The fourth-order valence-corrected chi connectivity index (χ4v) is 4.09. The lowest BCUT2D eigenvalue weighted by atomic mass is 9.98. The second-order valence-electron chi connectivity index (χ2n) is 6.75. The number of carbonyl (C=O) groups is 2. The van der Waals surface area contributed by atoms with E-state index in [0.717, 1.165) is 19.5 Å². The fraction of sp³-hybridized carbons (Fsp3) is 0.867. The second-order valence-corrected chi connectivity index (χ2v) is 6.75. The highest BCUT2D eigenvalue weighted by Gasteiger charge is 2.41. The van der Waals surface area contributed by atoms with Crippen molar-refractivity contribution in [1.29, 1.82) is 0 Å². The molecule has 3 fully saturated rings. The monoisotopic (exact) mass is 330 g/mol. The molecule has 2 saturated heterocycles. The minimum Gasteiger partial charge on any atom is -0.339 e. The SMILES string of the molecule is CC(=O)N1CCN(C(=O)CN2CC3CCC(N)C3C2)CC1.Cl. The zero-order chi connectivity index (χ0) is 15.0. The van der Waals surface area contributed by atoms with Crippen LogP contribution in [0.1, 0.15) is 19.8 Å². The molecule has 7 heteroatoms. The van der Waals surface area contributed by atoms with Gasteiger partial charge in [-0.05, 0) is 24.7 Å². The first-order chi connectivity index (χ1) is 10.0. The minimum absolute atomic E-state index is 0. The third kappa shape index (κ3) is 3.55. The molecule has 2 amide bonds. The van der Waals surface area contributed by atoms with Gasteiger partial charge in [0.1, 0.15) is 0 Å². The van der Waals surface area contributed by atoms with E-state index in [0.29, 0.717) is 50.6 Å². The van der Waals surface area contributed by atoms with E-state index in [1.165, 1.54) is 6.42 Å².